The fourth-order valence-electron chi connectivity index (χ4n) is 2.11. The lowest BCUT2D eigenvalue weighted by Gasteiger charge is -2.08. The van der Waals surface area contributed by atoms with Crippen molar-refractivity contribution in [1.82, 2.24) is 0 Å². The molecule has 0 radical (unpaired) electrons. The van der Waals surface area contributed by atoms with E-state index in [0.717, 1.165) is 0 Å². The molecule has 0 aromatic heterocycles. The molecule has 2 aromatic rings. The summed E-state index contributed by atoms with van der Waals surface area (Å²) in [5.74, 6) is -0.186. The predicted molar refractivity (Wildman–Crippen MR) is 103 cm³/mol. The van der Waals surface area contributed by atoms with E-state index in [2.05, 4.69) is 11.9 Å². The topological polar surface area (TPSA) is 108 Å². The van der Waals surface area contributed by atoms with Crippen molar-refractivity contribution in [3.8, 4) is 5.75 Å². The maximum Gasteiger partial charge on any atom is 0.333 e. The zero-order valence-corrected chi connectivity index (χ0v) is 15.3. The molecule has 146 valence electrons. The van der Waals surface area contributed by atoms with Gasteiger partial charge in [0.2, 0.25) is 0 Å². The van der Waals surface area contributed by atoms with Gasteiger partial charge in [-0.05, 0) is 43.3 Å². The number of amides is 1. The highest BCUT2D eigenvalue weighted by Gasteiger charge is 2.09. The number of non-ortho nitro benzene ring substituents is 1. The van der Waals surface area contributed by atoms with E-state index in [4.69, 9.17) is 9.47 Å². The maximum atomic E-state index is 12.2. The quantitative estimate of drug-likeness (QED) is 0.232. The number of benzene rings is 2. The molecule has 0 aliphatic heterocycles. The first-order chi connectivity index (χ1) is 13.4. The molecule has 0 aliphatic rings. The van der Waals surface area contributed by atoms with Crippen LogP contribution in [0.1, 0.15) is 23.7 Å². The van der Waals surface area contributed by atoms with E-state index in [1.54, 1.807) is 31.2 Å². The molecule has 1 amide bonds. The van der Waals surface area contributed by atoms with Crippen molar-refractivity contribution in [2.75, 3.05) is 18.5 Å². The largest absolute Gasteiger partial charge is 0.493 e. The van der Waals surface area contributed by atoms with Crippen LogP contribution in [0.25, 0.3) is 0 Å². The van der Waals surface area contributed by atoms with E-state index in [9.17, 15) is 19.7 Å². The number of carbonyl (C=O) groups is 2. The highest BCUT2D eigenvalue weighted by atomic mass is 16.6. The monoisotopic (exact) mass is 384 g/mol. The number of anilines is 1. The van der Waals surface area contributed by atoms with Gasteiger partial charge in [-0.15, -0.1) is 0 Å². The third kappa shape index (κ3) is 6.24. The Hall–Kier alpha value is -3.68. The average Bonchev–Trinajstić information content (AvgIpc) is 2.68. The predicted octanol–water partition coefficient (Wildman–Crippen LogP) is 3.74. The lowest BCUT2D eigenvalue weighted by atomic mass is 10.2. The van der Waals surface area contributed by atoms with E-state index in [1.807, 2.05) is 0 Å². The molecule has 28 heavy (non-hydrogen) atoms. The van der Waals surface area contributed by atoms with Crippen LogP contribution in [0.15, 0.2) is 60.7 Å². The number of hydrogen-bond acceptors (Lipinski definition) is 6. The molecule has 0 heterocycles. The summed E-state index contributed by atoms with van der Waals surface area (Å²) < 4.78 is 10.5. The summed E-state index contributed by atoms with van der Waals surface area (Å²) in [7, 11) is 0. The lowest BCUT2D eigenvalue weighted by molar-refractivity contribution is -0.384. The molecule has 0 fully saturated rings. The lowest BCUT2D eigenvalue weighted by Crippen LogP contribution is -2.12. The molecule has 2 rings (SSSR count). The van der Waals surface area contributed by atoms with Crippen LogP contribution in [-0.2, 0) is 9.53 Å². The van der Waals surface area contributed by atoms with Gasteiger partial charge in [0.05, 0.1) is 18.1 Å². The third-order valence-corrected chi connectivity index (χ3v) is 3.59. The molecule has 2 aromatic carbocycles. The third-order valence-electron chi connectivity index (χ3n) is 3.59. The molecule has 0 unspecified atom stereocenters. The summed E-state index contributed by atoms with van der Waals surface area (Å²) in [6, 6.07) is 12.1. The van der Waals surface area contributed by atoms with E-state index >= 15 is 0 Å². The van der Waals surface area contributed by atoms with Crippen molar-refractivity contribution >= 4 is 23.3 Å². The van der Waals surface area contributed by atoms with Gasteiger partial charge in [0.25, 0.3) is 11.6 Å². The van der Waals surface area contributed by atoms with Crippen LogP contribution < -0.4 is 10.1 Å². The van der Waals surface area contributed by atoms with Crippen molar-refractivity contribution in [3.05, 3.63) is 76.4 Å². The second-order valence-electron chi connectivity index (χ2n) is 5.90. The van der Waals surface area contributed by atoms with Crippen LogP contribution in [0.3, 0.4) is 0 Å². The summed E-state index contributed by atoms with van der Waals surface area (Å²) in [6.45, 7) is 5.67. The molecular weight excluding hydrogens is 364 g/mol. The Morgan fingerprint density at radius 1 is 1.07 bits per heavy atom. The van der Waals surface area contributed by atoms with Crippen LogP contribution in [-0.4, -0.2) is 30.0 Å². The van der Waals surface area contributed by atoms with Crippen LogP contribution in [0, 0.1) is 10.1 Å². The smallest absolute Gasteiger partial charge is 0.333 e. The van der Waals surface area contributed by atoms with Crippen LogP contribution >= 0.6 is 0 Å². The van der Waals surface area contributed by atoms with Crippen molar-refractivity contribution in [3.63, 3.8) is 0 Å². The Morgan fingerprint density at radius 3 is 2.29 bits per heavy atom. The number of nitro benzene ring substituents is 1. The summed E-state index contributed by atoms with van der Waals surface area (Å²) in [6.07, 6.45) is 0.529. The minimum absolute atomic E-state index is 0.0473. The highest BCUT2D eigenvalue weighted by Crippen LogP contribution is 2.17. The second kappa shape index (κ2) is 9.86. The molecule has 1 N–H and O–H groups in total. The Kier molecular flexibility index (Phi) is 7.27. The van der Waals surface area contributed by atoms with Crippen molar-refractivity contribution < 1.29 is 24.0 Å². The fraction of sp³-hybridized carbons (Fsp3) is 0.200. The van der Waals surface area contributed by atoms with Crippen molar-refractivity contribution in [1.29, 1.82) is 0 Å². The normalized spacial score (nSPS) is 10.0. The van der Waals surface area contributed by atoms with Gasteiger partial charge >= 0.3 is 5.97 Å². The molecular formula is C20H20N2O6. The van der Waals surface area contributed by atoms with E-state index in [-0.39, 0.29) is 18.2 Å². The molecule has 0 saturated heterocycles. The summed E-state index contributed by atoms with van der Waals surface area (Å²) in [5.41, 5.74) is 1.18. The number of nitro groups is 1. The minimum atomic E-state index is -0.505. The number of esters is 1. The number of nitrogens with zero attached hydrogens (tertiary/aromatic N) is 1. The van der Waals surface area contributed by atoms with Gasteiger partial charge < -0.3 is 14.8 Å². The van der Waals surface area contributed by atoms with Gasteiger partial charge in [0, 0.05) is 35.4 Å². The van der Waals surface area contributed by atoms with Crippen LogP contribution in [0.5, 0.6) is 5.75 Å². The molecule has 0 bridgehead atoms. The van der Waals surface area contributed by atoms with Gasteiger partial charge in [-0.25, -0.2) is 4.79 Å². The Bertz CT molecular complexity index is 859. The number of rotatable bonds is 9. The molecule has 0 spiro atoms. The Labute approximate surface area is 161 Å². The average molecular weight is 384 g/mol. The SMILES string of the molecule is C=C(C)C(=O)OCCCOc1ccc(C(=O)Nc2ccc([N+](=O)[O-])cc2)cc1. The molecule has 0 aliphatic carbocycles. The number of nitrogens with one attached hydrogen (secondary N) is 1. The van der Waals surface area contributed by atoms with E-state index in [0.29, 0.717) is 35.6 Å². The van der Waals surface area contributed by atoms with Gasteiger partial charge in [0.1, 0.15) is 5.75 Å². The Morgan fingerprint density at radius 2 is 1.71 bits per heavy atom. The van der Waals surface area contributed by atoms with Gasteiger partial charge in [-0.2, -0.15) is 0 Å². The first kappa shape index (κ1) is 20.6. The molecule has 8 heteroatoms. The maximum absolute atomic E-state index is 12.2. The van der Waals surface area contributed by atoms with E-state index in [1.165, 1.54) is 24.3 Å². The van der Waals surface area contributed by atoms with Gasteiger partial charge in [0.15, 0.2) is 0 Å². The first-order valence-electron chi connectivity index (χ1n) is 8.48. The molecule has 0 saturated carbocycles. The number of carbonyl (C=O) groups excluding carboxylic acids is 2. The Balaban J connectivity index is 1.79. The van der Waals surface area contributed by atoms with Crippen molar-refractivity contribution in [2.24, 2.45) is 0 Å². The van der Waals surface area contributed by atoms with Gasteiger partial charge in [-0.3, -0.25) is 14.9 Å². The zero-order chi connectivity index (χ0) is 20.5. The highest BCUT2D eigenvalue weighted by molar-refractivity contribution is 6.04. The number of hydrogen-bond donors (Lipinski definition) is 1. The zero-order valence-electron chi connectivity index (χ0n) is 15.3. The molecule has 0 atom stereocenters. The van der Waals surface area contributed by atoms with Crippen LogP contribution in [0.4, 0.5) is 11.4 Å². The second-order valence-corrected chi connectivity index (χ2v) is 5.90. The number of ether oxygens (including phenoxy) is 2. The van der Waals surface area contributed by atoms with Crippen LogP contribution in [0.2, 0.25) is 0 Å². The van der Waals surface area contributed by atoms with Crippen molar-refractivity contribution in [2.45, 2.75) is 13.3 Å². The standard InChI is InChI=1S/C20H20N2O6/c1-14(2)20(24)28-13-3-12-27-18-10-4-15(5-11-18)19(23)21-16-6-8-17(9-7-16)22(25)26/h4-11H,1,3,12-13H2,2H3,(H,21,23). The minimum Gasteiger partial charge on any atom is -0.493 e. The molecule has 8 nitrogen and oxygen atoms in total. The first-order valence-corrected chi connectivity index (χ1v) is 8.48. The summed E-state index contributed by atoms with van der Waals surface area (Å²) in [5, 5.41) is 13.3. The van der Waals surface area contributed by atoms with Gasteiger partial charge in [-0.1, -0.05) is 6.58 Å². The van der Waals surface area contributed by atoms with E-state index < -0.39 is 10.9 Å². The fourth-order valence-corrected chi connectivity index (χ4v) is 2.11. The summed E-state index contributed by atoms with van der Waals surface area (Å²) in [4.78, 5) is 33.6. The summed E-state index contributed by atoms with van der Waals surface area (Å²) >= 11 is 0.